The van der Waals surface area contributed by atoms with Crippen molar-refractivity contribution in [2.24, 2.45) is 11.8 Å². The van der Waals surface area contributed by atoms with Gasteiger partial charge in [-0.3, -0.25) is 19.7 Å². The Bertz CT molecular complexity index is 1210. The topological polar surface area (TPSA) is 95.8 Å². The second-order valence-corrected chi connectivity index (χ2v) is 9.06. The molecule has 182 valence electrons. The highest BCUT2D eigenvalue weighted by Crippen LogP contribution is 2.34. The molecule has 3 aromatic rings. The van der Waals surface area contributed by atoms with E-state index >= 15 is 0 Å². The van der Waals surface area contributed by atoms with Gasteiger partial charge in [0.05, 0.1) is 25.3 Å². The molecule has 0 bridgehead atoms. The Hall–Kier alpha value is -3.47. The van der Waals surface area contributed by atoms with E-state index < -0.39 is 12.1 Å². The van der Waals surface area contributed by atoms with Crippen LogP contribution in [0, 0.1) is 23.7 Å². The third kappa shape index (κ3) is 6.56. The summed E-state index contributed by atoms with van der Waals surface area (Å²) >= 11 is 0. The summed E-state index contributed by atoms with van der Waals surface area (Å²) in [5.41, 5.74) is 2.51. The van der Waals surface area contributed by atoms with E-state index in [-0.39, 0.29) is 18.3 Å². The number of aromatic nitrogens is 2. The smallest absolute Gasteiger partial charge is 0.303 e. The molecule has 0 saturated carbocycles. The first-order chi connectivity index (χ1) is 17.0. The van der Waals surface area contributed by atoms with Crippen molar-refractivity contribution < 1.29 is 19.7 Å². The van der Waals surface area contributed by atoms with Crippen molar-refractivity contribution in [3.63, 3.8) is 0 Å². The Morgan fingerprint density at radius 1 is 1.26 bits per heavy atom. The fourth-order valence-electron chi connectivity index (χ4n) is 4.92. The van der Waals surface area contributed by atoms with Gasteiger partial charge in [-0.05, 0) is 79.6 Å². The van der Waals surface area contributed by atoms with Crippen LogP contribution in [0.5, 0.6) is 5.75 Å². The standard InChI is InChI=1S/C28H31N3O4/c1-35-23-7-8-26-25(17-23)24(10-13-30-26)27(32)9-6-21-11-15-31(19-22(21)16-28(33)34)14-3-5-20-4-2-12-29-18-20/h2,4,7-8,10,12-13,17-18,21-22,27,32H,6,9,11,14-16,19H2,1H3,(H,33,34)/t21-,22+,27+/m1/s1. The molecule has 0 amide bonds. The zero-order valence-electron chi connectivity index (χ0n) is 19.9. The molecule has 0 radical (unpaired) electrons. The van der Waals surface area contributed by atoms with Gasteiger partial charge in [0, 0.05) is 42.5 Å². The van der Waals surface area contributed by atoms with Gasteiger partial charge in [0.2, 0.25) is 0 Å². The van der Waals surface area contributed by atoms with Gasteiger partial charge in [-0.15, -0.1) is 0 Å². The Morgan fingerprint density at radius 2 is 2.14 bits per heavy atom. The number of likely N-dealkylation sites (tertiary alicyclic amines) is 1. The van der Waals surface area contributed by atoms with E-state index in [9.17, 15) is 15.0 Å². The number of carboxylic acid groups (broad SMARTS) is 1. The minimum Gasteiger partial charge on any atom is -0.497 e. The molecule has 1 fully saturated rings. The molecule has 7 nitrogen and oxygen atoms in total. The van der Waals surface area contributed by atoms with Crippen LogP contribution < -0.4 is 4.74 Å². The molecule has 4 rings (SSSR count). The van der Waals surface area contributed by atoms with Crippen LogP contribution in [0.15, 0.2) is 55.0 Å². The number of nitrogens with zero attached hydrogens (tertiary/aromatic N) is 3. The molecule has 1 aliphatic heterocycles. The average Bonchev–Trinajstić information content (AvgIpc) is 2.87. The lowest BCUT2D eigenvalue weighted by molar-refractivity contribution is -0.139. The molecule has 0 aliphatic carbocycles. The monoisotopic (exact) mass is 473 g/mol. The predicted octanol–water partition coefficient (Wildman–Crippen LogP) is 3.92. The van der Waals surface area contributed by atoms with Gasteiger partial charge in [-0.1, -0.05) is 11.8 Å². The lowest BCUT2D eigenvalue weighted by Gasteiger charge is -2.37. The van der Waals surface area contributed by atoms with Crippen LogP contribution in [0.1, 0.15) is 42.9 Å². The number of benzene rings is 1. The third-order valence-electron chi connectivity index (χ3n) is 6.76. The van der Waals surface area contributed by atoms with E-state index in [1.807, 2.05) is 36.4 Å². The maximum absolute atomic E-state index is 11.6. The molecule has 2 aromatic heterocycles. The van der Waals surface area contributed by atoms with Gasteiger partial charge in [0.15, 0.2) is 0 Å². The molecule has 3 heterocycles. The van der Waals surface area contributed by atoms with E-state index in [2.05, 4.69) is 26.7 Å². The fraction of sp³-hybridized carbons (Fsp3) is 0.393. The highest BCUT2D eigenvalue weighted by Gasteiger charge is 2.31. The molecule has 2 N–H and O–H groups in total. The number of pyridine rings is 2. The summed E-state index contributed by atoms with van der Waals surface area (Å²) in [6.45, 7) is 2.17. The summed E-state index contributed by atoms with van der Waals surface area (Å²) in [6.07, 6.45) is 6.87. The van der Waals surface area contributed by atoms with Crippen molar-refractivity contribution in [1.82, 2.24) is 14.9 Å². The third-order valence-corrected chi connectivity index (χ3v) is 6.76. The van der Waals surface area contributed by atoms with Gasteiger partial charge >= 0.3 is 5.97 Å². The van der Waals surface area contributed by atoms with Crippen LogP contribution in [-0.2, 0) is 4.79 Å². The number of carboxylic acids is 1. The van der Waals surface area contributed by atoms with Gasteiger partial charge in [0.1, 0.15) is 5.75 Å². The van der Waals surface area contributed by atoms with Gasteiger partial charge in [0.25, 0.3) is 0 Å². The minimum absolute atomic E-state index is 0.0305. The van der Waals surface area contributed by atoms with Crippen LogP contribution in [0.3, 0.4) is 0 Å². The number of rotatable bonds is 8. The summed E-state index contributed by atoms with van der Waals surface area (Å²) < 4.78 is 5.34. The lowest BCUT2D eigenvalue weighted by atomic mass is 9.79. The number of hydrogen-bond acceptors (Lipinski definition) is 6. The van der Waals surface area contributed by atoms with Crippen LogP contribution in [0.2, 0.25) is 0 Å². The van der Waals surface area contributed by atoms with Crippen LogP contribution in [0.4, 0.5) is 0 Å². The highest BCUT2D eigenvalue weighted by atomic mass is 16.5. The minimum atomic E-state index is -0.781. The predicted molar refractivity (Wildman–Crippen MR) is 134 cm³/mol. The number of aliphatic hydroxyl groups excluding tert-OH is 1. The Labute approximate surface area is 205 Å². The van der Waals surface area contributed by atoms with Crippen molar-refractivity contribution in [2.75, 3.05) is 26.7 Å². The van der Waals surface area contributed by atoms with E-state index in [4.69, 9.17) is 4.74 Å². The van der Waals surface area contributed by atoms with Gasteiger partial charge in [-0.2, -0.15) is 0 Å². The zero-order valence-corrected chi connectivity index (χ0v) is 19.9. The van der Waals surface area contributed by atoms with Crippen LogP contribution in [-0.4, -0.2) is 57.8 Å². The molecule has 35 heavy (non-hydrogen) atoms. The van der Waals surface area contributed by atoms with Crippen molar-refractivity contribution in [2.45, 2.75) is 31.8 Å². The summed E-state index contributed by atoms with van der Waals surface area (Å²) in [5, 5.41) is 21.4. The maximum Gasteiger partial charge on any atom is 0.303 e. The number of piperidine rings is 1. The lowest BCUT2D eigenvalue weighted by Crippen LogP contribution is -2.41. The van der Waals surface area contributed by atoms with Crippen LogP contribution in [0.25, 0.3) is 10.9 Å². The molecule has 1 aliphatic rings. The number of hydrogen-bond donors (Lipinski definition) is 2. The normalized spacial score (nSPS) is 19.0. The molecule has 3 atom stereocenters. The Morgan fingerprint density at radius 3 is 2.91 bits per heavy atom. The second kappa shape index (κ2) is 11.8. The van der Waals surface area contributed by atoms with E-state index in [0.29, 0.717) is 19.5 Å². The number of carbonyl (C=O) groups is 1. The average molecular weight is 474 g/mol. The zero-order chi connectivity index (χ0) is 24.6. The van der Waals surface area contributed by atoms with Gasteiger partial charge in [-0.25, -0.2) is 0 Å². The quantitative estimate of drug-likeness (QED) is 0.479. The molecule has 1 saturated heterocycles. The molecular formula is C28H31N3O4. The summed E-state index contributed by atoms with van der Waals surface area (Å²) in [4.78, 5) is 22.3. The largest absolute Gasteiger partial charge is 0.497 e. The number of methoxy groups -OCH3 is 1. The molecule has 7 heteroatoms. The Balaban J connectivity index is 1.39. The van der Waals surface area contributed by atoms with E-state index in [1.54, 1.807) is 25.7 Å². The van der Waals surface area contributed by atoms with Crippen molar-refractivity contribution >= 4 is 16.9 Å². The van der Waals surface area contributed by atoms with E-state index in [1.165, 1.54) is 0 Å². The number of aliphatic carboxylic acids is 1. The van der Waals surface area contributed by atoms with Crippen LogP contribution >= 0.6 is 0 Å². The van der Waals surface area contributed by atoms with E-state index in [0.717, 1.165) is 47.2 Å². The number of fused-ring (bicyclic) bond motifs is 1. The first-order valence-corrected chi connectivity index (χ1v) is 12.0. The summed E-state index contributed by atoms with van der Waals surface area (Å²) in [5.74, 6) is 6.53. The highest BCUT2D eigenvalue weighted by molar-refractivity contribution is 5.83. The van der Waals surface area contributed by atoms with Gasteiger partial charge < -0.3 is 14.9 Å². The second-order valence-electron chi connectivity index (χ2n) is 9.06. The molecule has 0 spiro atoms. The first-order valence-electron chi connectivity index (χ1n) is 12.0. The fourth-order valence-corrected chi connectivity index (χ4v) is 4.92. The first kappa shape index (κ1) is 24.6. The summed E-state index contributed by atoms with van der Waals surface area (Å²) in [7, 11) is 1.62. The van der Waals surface area contributed by atoms with Crippen molar-refractivity contribution in [1.29, 1.82) is 0 Å². The number of ether oxygens (including phenoxy) is 1. The summed E-state index contributed by atoms with van der Waals surface area (Å²) in [6, 6.07) is 11.3. The maximum atomic E-state index is 11.6. The molecule has 0 unspecified atom stereocenters. The Kier molecular flexibility index (Phi) is 8.30. The van der Waals surface area contributed by atoms with Crippen molar-refractivity contribution in [3.8, 4) is 17.6 Å². The molecular weight excluding hydrogens is 442 g/mol. The molecule has 1 aromatic carbocycles. The SMILES string of the molecule is COc1ccc2nccc([C@@H](O)CC[C@@H]3CCN(CC#Cc4cccnc4)C[C@@H]3CC(=O)O)c2c1. The van der Waals surface area contributed by atoms with Crippen molar-refractivity contribution in [3.05, 3.63) is 66.1 Å². The number of aliphatic hydroxyl groups is 1.